The fraction of sp³-hybridized carbons (Fsp3) is 0.846. The summed E-state index contributed by atoms with van der Waals surface area (Å²) < 4.78 is 0. The number of carboxylic acid groups (broad SMARTS) is 1. The lowest BCUT2D eigenvalue weighted by Gasteiger charge is -2.19. The van der Waals surface area contributed by atoms with Crippen LogP contribution in [0.2, 0.25) is 0 Å². The van der Waals surface area contributed by atoms with E-state index in [2.05, 4.69) is 26.1 Å². The number of hydrogen-bond donors (Lipinski definition) is 2. The van der Waals surface area contributed by atoms with Crippen LogP contribution in [0.3, 0.4) is 0 Å². The first-order chi connectivity index (χ1) is 7.93. The van der Waals surface area contributed by atoms with Crippen molar-refractivity contribution in [2.24, 2.45) is 23.7 Å². The quantitative estimate of drug-likeness (QED) is 0.772. The maximum Gasteiger partial charge on any atom is 0.307 e. The highest BCUT2D eigenvalue weighted by Gasteiger charge is 2.37. The first-order valence-electron chi connectivity index (χ1n) is 6.44. The van der Waals surface area contributed by atoms with Crippen molar-refractivity contribution >= 4 is 11.9 Å². The predicted molar refractivity (Wildman–Crippen MR) is 65.5 cm³/mol. The van der Waals surface area contributed by atoms with Crippen LogP contribution in [0.25, 0.3) is 0 Å². The Bertz CT molecular complexity index is 288. The van der Waals surface area contributed by atoms with Crippen molar-refractivity contribution < 1.29 is 14.7 Å². The molecule has 0 heterocycles. The number of carboxylic acids is 1. The van der Waals surface area contributed by atoms with Gasteiger partial charge in [-0.2, -0.15) is 0 Å². The summed E-state index contributed by atoms with van der Waals surface area (Å²) in [6.07, 6.45) is 2.18. The Balaban J connectivity index is 2.44. The highest BCUT2D eigenvalue weighted by atomic mass is 16.4. The van der Waals surface area contributed by atoms with E-state index >= 15 is 0 Å². The molecule has 4 nitrogen and oxygen atoms in total. The first kappa shape index (κ1) is 14.0. The van der Waals surface area contributed by atoms with E-state index in [0.717, 1.165) is 6.42 Å². The van der Waals surface area contributed by atoms with Gasteiger partial charge in [-0.1, -0.05) is 27.2 Å². The van der Waals surface area contributed by atoms with E-state index in [4.69, 9.17) is 5.11 Å². The summed E-state index contributed by atoms with van der Waals surface area (Å²) >= 11 is 0. The van der Waals surface area contributed by atoms with Crippen molar-refractivity contribution in [3.63, 3.8) is 0 Å². The van der Waals surface area contributed by atoms with Gasteiger partial charge in [0.15, 0.2) is 0 Å². The molecule has 0 radical (unpaired) electrons. The van der Waals surface area contributed by atoms with Crippen LogP contribution >= 0.6 is 0 Å². The van der Waals surface area contributed by atoms with E-state index in [1.807, 2.05) is 0 Å². The number of nitrogens with one attached hydrogen (secondary N) is 1. The second-order valence-corrected chi connectivity index (χ2v) is 5.45. The molecule has 2 N–H and O–H groups in total. The number of hydrogen-bond acceptors (Lipinski definition) is 2. The minimum absolute atomic E-state index is 0.0811. The van der Waals surface area contributed by atoms with E-state index in [1.165, 1.54) is 0 Å². The topological polar surface area (TPSA) is 66.4 Å². The summed E-state index contributed by atoms with van der Waals surface area (Å²) in [6, 6.07) is 0. The summed E-state index contributed by atoms with van der Waals surface area (Å²) in [5, 5.41) is 11.9. The van der Waals surface area contributed by atoms with E-state index in [1.54, 1.807) is 0 Å². The molecular formula is C13H23NO3. The van der Waals surface area contributed by atoms with Crippen LogP contribution in [0.15, 0.2) is 0 Å². The molecule has 0 aromatic heterocycles. The zero-order chi connectivity index (χ0) is 13.0. The Morgan fingerprint density at radius 3 is 2.35 bits per heavy atom. The molecule has 1 aliphatic carbocycles. The van der Waals surface area contributed by atoms with Gasteiger partial charge in [-0.25, -0.2) is 0 Å². The van der Waals surface area contributed by atoms with Crippen molar-refractivity contribution in [2.45, 2.75) is 40.0 Å². The van der Waals surface area contributed by atoms with Crippen LogP contribution in [0, 0.1) is 23.7 Å². The van der Waals surface area contributed by atoms with E-state index in [-0.39, 0.29) is 11.8 Å². The van der Waals surface area contributed by atoms with Crippen LogP contribution in [-0.4, -0.2) is 23.5 Å². The lowest BCUT2D eigenvalue weighted by Crippen LogP contribution is -2.38. The minimum atomic E-state index is -0.834. The van der Waals surface area contributed by atoms with Gasteiger partial charge < -0.3 is 10.4 Å². The average molecular weight is 241 g/mol. The Kier molecular flexibility index (Phi) is 4.97. The SMILES string of the molecule is CC(C)C(C)CNC(=O)[C@@H]1CCC[C@@H]1C(=O)O. The van der Waals surface area contributed by atoms with Crippen LogP contribution in [0.4, 0.5) is 0 Å². The van der Waals surface area contributed by atoms with Crippen molar-refractivity contribution in [1.82, 2.24) is 5.32 Å². The van der Waals surface area contributed by atoms with Gasteiger partial charge in [0.05, 0.1) is 11.8 Å². The number of carbonyl (C=O) groups is 2. The fourth-order valence-electron chi connectivity index (χ4n) is 2.20. The molecule has 1 unspecified atom stereocenters. The standard InChI is InChI=1S/C13H23NO3/c1-8(2)9(3)7-14-12(15)10-5-4-6-11(10)13(16)17/h8-11H,4-7H2,1-3H3,(H,14,15)(H,16,17)/t9?,10-,11+/m1/s1. The van der Waals surface area contributed by atoms with Crippen molar-refractivity contribution in [3.8, 4) is 0 Å². The summed E-state index contributed by atoms with van der Waals surface area (Å²) in [4.78, 5) is 22.9. The summed E-state index contributed by atoms with van der Waals surface area (Å²) in [7, 11) is 0. The molecule has 0 spiro atoms. The molecule has 0 aliphatic heterocycles. The molecule has 1 aliphatic rings. The number of rotatable bonds is 5. The Morgan fingerprint density at radius 1 is 1.24 bits per heavy atom. The van der Waals surface area contributed by atoms with Crippen molar-refractivity contribution in [2.75, 3.05) is 6.54 Å². The lowest BCUT2D eigenvalue weighted by molar-refractivity contribution is -0.146. The molecule has 0 aromatic carbocycles. The monoisotopic (exact) mass is 241 g/mol. The minimum Gasteiger partial charge on any atom is -0.481 e. The van der Waals surface area contributed by atoms with Crippen LogP contribution in [-0.2, 0) is 9.59 Å². The van der Waals surface area contributed by atoms with Gasteiger partial charge in [-0.3, -0.25) is 9.59 Å². The van der Waals surface area contributed by atoms with Crippen LogP contribution in [0.1, 0.15) is 40.0 Å². The molecule has 1 rings (SSSR count). The first-order valence-corrected chi connectivity index (χ1v) is 6.44. The van der Waals surface area contributed by atoms with Crippen LogP contribution in [0.5, 0.6) is 0 Å². The van der Waals surface area contributed by atoms with Crippen LogP contribution < -0.4 is 5.32 Å². The summed E-state index contributed by atoms with van der Waals surface area (Å²) in [6.45, 7) is 6.96. The molecule has 1 fully saturated rings. The molecule has 0 saturated heterocycles. The molecule has 98 valence electrons. The Hall–Kier alpha value is -1.06. The zero-order valence-corrected chi connectivity index (χ0v) is 10.9. The van der Waals surface area contributed by atoms with Gasteiger partial charge in [0.25, 0.3) is 0 Å². The number of aliphatic carboxylic acids is 1. The molecule has 1 amide bonds. The average Bonchev–Trinajstić information content (AvgIpc) is 2.73. The Labute approximate surface area is 103 Å². The maximum absolute atomic E-state index is 11.9. The van der Waals surface area contributed by atoms with Gasteiger partial charge in [-0.05, 0) is 24.7 Å². The summed E-state index contributed by atoms with van der Waals surface area (Å²) in [5.74, 6) is -0.782. The maximum atomic E-state index is 11.9. The van der Waals surface area contributed by atoms with Gasteiger partial charge in [-0.15, -0.1) is 0 Å². The highest BCUT2D eigenvalue weighted by molar-refractivity contribution is 5.85. The third-order valence-electron chi connectivity index (χ3n) is 3.91. The van der Waals surface area contributed by atoms with Gasteiger partial charge in [0.1, 0.15) is 0 Å². The fourth-order valence-corrected chi connectivity index (χ4v) is 2.20. The number of carbonyl (C=O) groups excluding carboxylic acids is 1. The van der Waals surface area contributed by atoms with Gasteiger partial charge >= 0.3 is 5.97 Å². The molecular weight excluding hydrogens is 218 g/mol. The largest absolute Gasteiger partial charge is 0.481 e. The van der Waals surface area contributed by atoms with E-state index in [9.17, 15) is 9.59 Å². The predicted octanol–water partition coefficient (Wildman–Crippen LogP) is 1.90. The van der Waals surface area contributed by atoms with E-state index in [0.29, 0.717) is 31.2 Å². The van der Waals surface area contributed by atoms with Crippen molar-refractivity contribution in [1.29, 1.82) is 0 Å². The molecule has 4 heteroatoms. The molecule has 1 saturated carbocycles. The number of amides is 1. The second-order valence-electron chi connectivity index (χ2n) is 5.45. The summed E-state index contributed by atoms with van der Waals surface area (Å²) in [5.41, 5.74) is 0. The second kappa shape index (κ2) is 6.03. The molecule has 0 bridgehead atoms. The van der Waals surface area contributed by atoms with Gasteiger partial charge in [0, 0.05) is 6.54 Å². The van der Waals surface area contributed by atoms with E-state index < -0.39 is 11.9 Å². The third kappa shape index (κ3) is 3.72. The normalized spacial score (nSPS) is 25.9. The zero-order valence-electron chi connectivity index (χ0n) is 10.9. The van der Waals surface area contributed by atoms with Crippen molar-refractivity contribution in [3.05, 3.63) is 0 Å². The molecule has 0 aromatic rings. The molecule has 3 atom stereocenters. The Morgan fingerprint density at radius 2 is 1.82 bits per heavy atom. The highest BCUT2D eigenvalue weighted by Crippen LogP contribution is 2.32. The lowest BCUT2D eigenvalue weighted by atomic mass is 9.94. The molecule has 17 heavy (non-hydrogen) atoms. The van der Waals surface area contributed by atoms with Gasteiger partial charge in [0.2, 0.25) is 5.91 Å². The third-order valence-corrected chi connectivity index (χ3v) is 3.91. The smallest absolute Gasteiger partial charge is 0.307 e.